The Kier molecular flexibility index (Phi) is 15.6. The van der Waals surface area contributed by atoms with Gasteiger partial charge < -0.3 is 4.74 Å². The Bertz CT molecular complexity index is 1240. The SMILES string of the molecule is CCCCC1CCC(C2CCC(c3cc(F)c(CCOCCc4c(F)cc(C5CCC(C6CCC(CCCC)CC6)CC5)cc4F)c(F)c3)CC2)CC1. The van der Waals surface area contributed by atoms with Gasteiger partial charge in [-0.15, -0.1) is 0 Å². The van der Waals surface area contributed by atoms with Crippen molar-refractivity contribution in [3.8, 4) is 0 Å². The lowest BCUT2D eigenvalue weighted by atomic mass is 9.68. The fourth-order valence-corrected chi connectivity index (χ4v) is 11.4. The van der Waals surface area contributed by atoms with Gasteiger partial charge in [0.1, 0.15) is 23.3 Å². The molecule has 0 aromatic heterocycles. The van der Waals surface area contributed by atoms with Gasteiger partial charge in [0.2, 0.25) is 0 Å². The van der Waals surface area contributed by atoms with Gasteiger partial charge in [0.05, 0.1) is 13.2 Å². The lowest BCUT2D eigenvalue weighted by molar-refractivity contribution is 0.137. The summed E-state index contributed by atoms with van der Waals surface area (Å²) in [5.74, 6) is 3.47. The molecule has 0 saturated heterocycles. The highest BCUT2D eigenvalue weighted by molar-refractivity contribution is 5.30. The summed E-state index contributed by atoms with van der Waals surface area (Å²) in [6, 6.07) is 6.17. The van der Waals surface area contributed by atoms with Crippen LogP contribution in [-0.4, -0.2) is 13.2 Å². The molecule has 0 N–H and O–H groups in total. The molecule has 1 nitrogen and oxygen atoms in total. The van der Waals surface area contributed by atoms with Gasteiger partial charge in [-0.2, -0.15) is 0 Å². The Hall–Kier alpha value is -1.88. The number of hydrogen-bond acceptors (Lipinski definition) is 1. The molecular weight excluding hydrogens is 669 g/mol. The van der Waals surface area contributed by atoms with Crippen molar-refractivity contribution in [3.05, 3.63) is 69.8 Å². The average Bonchev–Trinajstić information content (AvgIpc) is 3.18. The van der Waals surface area contributed by atoms with Crippen molar-refractivity contribution in [2.75, 3.05) is 13.2 Å². The Balaban J connectivity index is 0.899. The predicted octanol–water partition coefficient (Wildman–Crippen LogP) is 14.6. The summed E-state index contributed by atoms with van der Waals surface area (Å²) in [5.41, 5.74) is 1.65. The molecule has 0 radical (unpaired) electrons. The summed E-state index contributed by atoms with van der Waals surface area (Å²) in [5, 5.41) is 0. The summed E-state index contributed by atoms with van der Waals surface area (Å²) >= 11 is 0. The summed E-state index contributed by atoms with van der Waals surface area (Å²) < 4.78 is 66.5. The number of hydrogen-bond donors (Lipinski definition) is 0. The van der Waals surface area contributed by atoms with Crippen LogP contribution in [0.4, 0.5) is 17.6 Å². The van der Waals surface area contributed by atoms with Gasteiger partial charge >= 0.3 is 0 Å². The highest BCUT2D eigenvalue weighted by Crippen LogP contribution is 2.46. The third-order valence-electron chi connectivity index (χ3n) is 14.9. The van der Waals surface area contributed by atoms with E-state index in [9.17, 15) is 0 Å². The van der Waals surface area contributed by atoms with E-state index in [1.807, 2.05) is 0 Å². The van der Waals surface area contributed by atoms with Crippen LogP contribution in [0.3, 0.4) is 0 Å². The first kappa shape index (κ1) is 40.8. The van der Waals surface area contributed by atoms with E-state index in [2.05, 4.69) is 13.8 Å². The van der Waals surface area contributed by atoms with E-state index in [1.54, 1.807) is 24.3 Å². The summed E-state index contributed by atoms with van der Waals surface area (Å²) in [4.78, 5) is 0. The number of halogens is 4. The second kappa shape index (κ2) is 20.3. The lowest BCUT2D eigenvalue weighted by Crippen LogP contribution is -2.25. The van der Waals surface area contributed by atoms with Crippen molar-refractivity contribution in [2.24, 2.45) is 35.5 Å². The third kappa shape index (κ3) is 11.1. The highest BCUT2D eigenvalue weighted by atomic mass is 19.1. The molecule has 296 valence electrons. The van der Waals surface area contributed by atoms with Crippen LogP contribution >= 0.6 is 0 Å². The minimum Gasteiger partial charge on any atom is -0.381 e. The van der Waals surface area contributed by atoms with Crippen LogP contribution in [0.1, 0.15) is 189 Å². The molecular formula is C48H70F4O. The van der Waals surface area contributed by atoms with Gasteiger partial charge in [-0.3, -0.25) is 0 Å². The zero-order valence-electron chi connectivity index (χ0n) is 33.2. The molecule has 4 fully saturated rings. The molecule has 2 aromatic rings. The minimum atomic E-state index is -0.507. The van der Waals surface area contributed by atoms with Gasteiger partial charge in [-0.1, -0.05) is 78.1 Å². The Labute approximate surface area is 319 Å². The maximum absolute atomic E-state index is 15.2. The Morgan fingerprint density at radius 1 is 0.453 bits per heavy atom. The topological polar surface area (TPSA) is 9.23 Å². The maximum atomic E-state index is 15.2. The normalized spacial score (nSPS) is 29.7. The van der Waals surface area contributed by atoms with Gasteiger partial charge in [0.25, 0.3) is 0 Å². The molecule has 6 rings (SSSR count). The van der Waals surface area contributed by atoms with Crippen LogP contribution in [0.5, 0.6) is 0 Å². The van der Waals surface area contributed by atoms with Crippen LogP contribution in [-0.2, 0) is 17.6 Å². The van der Waals surface area contributed by atoms with Crippen LogP contribution < -0.4 is 0 Å². The van der Waals surface area contributed by atoms with Crippen LogP contribution in [0.2, 0.25) is 0 Å². The molecule has 4 aliphatic rings. The minimum absolute atomic E-state index is 0.0401. The van der Waals surface area contributed by atoms with E-state index >= 15 is 17.6 Å². The molecule has 4 saturated carbocycles. The largest absolute Gasteiger partial charge is 0.381 e. The van der Waals surface area contributed by atoms with E-state index in [-0.39, 0.29) is 49.0 Å². The number of unbranched alkanes of at least 4 members (excludes halogenated alkanes) is 2. The fraction of sp³-hybridized carbons (Fsp3) is 0.750. The fourth-order valence-electron chi connectivity index (χ4n) is 11.4. The van der Waals surface area contributed by atoms with Crippen LogP contribution in [0.25, 0.3) is 0 Å². The zero-order chi connectivity index (χ0) is 37.2. The summed E-state index contributed by atoms with van der Waals surface area (Å²) in [7, 11) is 0. The Morgan fingerprint density at radius 2 is 0.755 bits per heavy atom. The Morgan fingerprint density at radius 3 is 1.06 bits per heavy atom. The van der Waals surface area contributed by atoms with Crippen LogP contribution in [0.15, 0.2) is 24.3 Å². The summed E-state index contributed by atoms with van der Waals surface area (Å²) in [6.45, 7) is 4.76. The van der Waals surface area contributed by atoms with Crippen molar-refractivity contribution in [3.63, 3.8) is 0 Å². The maximum Gasteiger partial charge on any atom is 0.129 e. The van der Waals surface area contributed by atoms with Gasteiger partial charge in [0, 0.05) is 24.0 Å². The smallest absolute Gasteiger partial charge is 0.129 e. The average molecular weight is 739 g/mol. The first-order valence-electron chi connectivity index (χ1n) is 22.4. The van der Waals surface area contributed by atoms with Crippen molar-refractivity contribution in [2.45, 2.75) is 180 Å². The monoisotopic (exact) mass is 739 g/mol. The van der Waals surface area contributed by atoms with E-state index in [0.29, 0.717) is 0 Å². The van der Waals surface area contributed by atoms with Crippen LogP contribution in [0, 0.1) is 58.8 Å². The van der Waals surface area contributed by atoms with Gasteiger partial charge in [0.15, 0.2) is 0 Å². The van der Waals surface area contributed by atoms with Crippen molar-refractivity contribution < 1.29 is 22.3 Å². The third-order valence-corrected chi connectivity index (χ3v) is 14.9. The lowest BCUT2D eigenvalue weighted by Gasteiger charge is -2.38. The molecule has 2 aromatic carbocycles. The molecule has 0 atom stereocenters. The van der Waals surface area contributed by atoms with Crippen molar-refractivity contribution >= 4 is 0 Å². The molecule has 0 unspecified atom stereocenters. The van der Waals surface area contributed by atoms with Gasteiger partial charge in [-0.25, -0.2) is 17.6 Å². The summed E-state index contributed by atoms with van der Waals surface area (Å²) in [6.07, 6.45) is 28.0. The first-order chi connectivity index (χ1) is 25.8. The molecule has 4 aliphatic carbocycles. The van der Waals surface area contributed by atoms with Gasteiger partial charge in [-0.05, 0) is 160 Å². The van der Waals surface area contributed by atoms with Crippen molar-refractivity contribution in [1.82, 2.24) is 0 Å². The van der Waals surface area contributed by atoms with E-state index in [0.717, 1.165) is 72.3 Å². The second-order valence-corrected chi connectivity index (χ2v) is 18.1. The molecule has 0 spiro atoms. The zero-order valence-corrected chi connectivity index (χ0v) is 33.2. The molecule has 5 heteroatoms. The highest BCUT2D eigenvalue weighted by Gasteiger charge is 2.33. The number of ether oxygens (including phenoxy) is 1. The number of rotatable bonds is 16. The quantitative estimate of drug-likeness (QED) is 0.123. The molecule has 0 heterocycles. The second-order valence-electron chi connectivity index (χ2n) is 18.1. The molecule has 0 aliphatic heterocycles. The van der Waals surface area contributed by atoms with E-state index in [4.69, 9.17) is 4.74 Å². The standard InChI is InChI=1S/C48H70F4O/c1-3-5-7-33-9-13-35(14-10-33)37-17-21-39(22-18-37)41-29-45(49)43(46(50)30-41)25-27-53-28-26-44-47(51)31-42(32-48(44)52)40-23-19-38(20-24-40)36-15-11-34(12-16-36)8-6-4-2/h29-40H,3-28H2,1-2H3. The molecule has 53 heavy (non-hydrogen) atoms. The molecule has 0 amide bonds. The number of benzene rings is 2. The first-order valence-corrected chi connectivity index (χ1v) is 22.4. The van der Waals surface area contributed by atoms with Crippen molar-refractivity contribution in [1.29, 1.82) is 0 Å². The predicted molar refractivity (Wildman–Crippen MR) is 210 cm³/mol. The molecule has 0 bridgehead atoms. The van der Waals surface area contributed by atoms with E-state index < -0.39 is 23.3 Å². The van der Waals surface area contributed by atoms with E-state index in [1.165, 1.54) is 116 Å².